The number of nitrogens with zero attached hydrogens (tertiary/aromatic N) is 1. The number of anilines is 1. The number of hydrogen-bond donors (Lipinski definition) is 1. The Morgan fingerprint density at radius 3 is 2.32 bits per heavy atom. The molecule has 3 nitrogen and oxygen atoms in total. The van der Waals surface area contributed by atoms with Crippen LogP contribution in [0.25, 0.3) is 0 Å². The normalized spacial score (nSPS) is 34.7. The van der Waals surface area contributed by atoms with E-state index in [4.69, 9.17) is 16.6 Å². The van der Waals surface area contributed by atoms with E-state index in [0.29, 0.717) is 12.2 Å². The molecule has 5 aliphatic rings. The summed E-state index contributed by atoms with van der Waals surface area (Å²) in [5.41, 5.74) is 3.98. The van der Waals surface area contributed by atoms with Crippen LogP contribution in [0.15, 0.2) is 17.1 Å². The third-order valence-electron chi connectivity index (χ3n) is 7.79. The molecule has 4 bridgehead atoms. The number of halogens is 1. The average molecular weight is 399 g/mol. The molecule has 0 saturated heterocycles. The van der Waals surface area contributed by atoms with Crippen molar-refractivity contribution in [2.75, 3.05) is 12.4 Å². The van der Waals surface area contributed by atoms with Crippen molar-refractivity contribution in [1.29, 1.82) is 0 Å². The number of benzene rings is 1. The second-order valence-electron chi connectivity index (χ2n) is 10.6. The quantitative estimate of drug-likeness (QED) is 0.708. The van der Waals surface area contributed by atoms with E-state index < -0.39 is 0 Å². The molecule has 0 radical (unpaired) electrons. The number of nitrogens with one attached hydrogen (secondary N) is 1. The van der Waals surface area contributed by atoms with E-state index >= 15 is 0 Å². The topological polar surface area (TPSA) is 41.5 Å². The smallest absolute Gasteiger partial charge is 0.145 e. The summed E-state index contributed by atoms with van der Waals surface area (Å²) in [7, 11) is 1.89. The van der Waals surface area contributed by atoms with E-state index in [1.165, 1.54) is 24.8 Å². The molecule has 1 aromatic carbocycles. The molecule has 0 amide bonds. The predicted molar refractivity (Wildman–Crippen MR) is 116 cm³/mol. The number of aliphatic imine (C=N–C) groups is 1. The molecule has 0 aromatic heterocycles. The number of fused-ring (bicyclic) bond motifs is 1. The minimum atomic E-state index is -0.186. The van der Waals surface area contributed by atoms with Crippen LogP contribution in [0.1, 0.15) is 69.9 Å². The van der Waals surface area contributed by atoms with Crippen molar-refractivity contribution in [3.8, 4) is 0 Å². The summed E-state index contributed by atoms with van der Waals surface area (Å²) in [5, 5.41) is 3.92. The van der Waals surface area contributed by atoms with Crippen LogP contribution in [0.2, 0.25) is 5.02 Å². The zero-order valence-electron chi connectivity index (χ0n) is 17.3. The molecule has 4 heteroatoms. The minimum absolute atomic E-state index is 0.0582. The van der Waals surface area contributed by atoms with Crippen molar-refractivity contribution in [2.24, 2.45) is 28.2 Å². The zero-order valence-corrected chi connectivity index (χ0v) is 18.0. The fourth-order valence-corrected chi connectivity index (χ4v) is 7.36. The third-order valence-corrected chi connectivity index (χ3v) is 8.10. The van der Waals surface area contributed by atoms with Crippen molar-refractivity contribution in [3.63, 3.8) is 0 Å². The van der Waals surface area contributed by atoms with Crippen LogP contribution in [0, 0.1) is 23.2 Å². The lowest BCUT2D eigenvalue weighted by molar-refractivity contribution is -0.142. The number of carbonyl (C=O) groups is 1. The summed E-state index contributed by atoms with van der Waals surface area (Å²) in [5.74, 6) is 2.83. The molecule has 0 unspecified atom stereocenters. The second-order valence-corrected chi connectivity index (χ2v) is 11.0. The van der Waals surface area contributed by atoms with Gasteiger partial charge in [0.2, 0.25) is 0 Å². The van der Waals surface area contributed by atoms with Gasteiger partial charge in [0.25, 0.3) is 0 Å². The molecule has 1 aliphatic heterocycles. The Balaban J connectivity index is 1.48. The summed E-state index contributed by atoms with van der Waals surface area (Å²) in [6.45, 7) is 4.32. The third kappa shape index (κ3) is 3.01. The number of rotatable bonds is 4. The van der Waals surface area contributed by atoms with E-state index in [0.717, 1.165) is 65.4 Å². The highest BCUT2D eigenvalue weighted by atomic mass is 35.5. The monoisotopic (exact) mass is 398 g/mol. The van der Waals surface area contributed by atoms with Crippen molar-refractivity contribution < 1.29 is 4.79 Å². The van der Waals surface area contributed by atoms with Gasteiger partial charge in [0.15, 0.2) is 0 Å². The molecule has 6 rings (SSSR count). The number of hydrogen-bond acceptors (Lipinski definition) is 3. The number of ketones is 1. The van der Waals surface area contributed by atoms with Crippen molar-refractivity contribution >= 4 is 28.8 Å². The van der Waals surface area contributed by atoms with Crippen LogP contribution in [-0.4, -0.2) is 24.1 Å². The first-order valence-corrected chi connectivity index (χ1v) is 11.3. The van der Waals surface area contributed by atoms with Crippen molar-refractivity contribution in [2.45, 2.75) is 70.8 Å². The fraction of sp³-hybridized carbons (Fsp3) is 0.667. The highest BCUT2D eigenvalue weighted by Crippen LogP contribution is 2.60. The fourth-order valence-electron chi connectivity index (χ4n) is 7.08. The molecule has 1 N–H and O–H groups in total. The van der Waals surface area contributed by atoms with E-state index in [9.17, 15) is 4.79 Å². The van der Waals surface area contributed by atoms with Gasteiger partial charge in [-0.05, 0) is 94.2 Å². The van der Waals surface area contributed by atoms with Gasteiger partial charge in [-0.25, -0.2) is 0 Å². The molecule has 1 heterocycles. The average Bonchev–Trinajstić information content (AvgIpc) is 2.59. The van der Waals surface area contributed by atoms with E-state index in [2.05, 4.69) is 31.3 Å². The van der Waals surface area contributed by atoms with E-state index in [1.807, 2.05) is 7.05 Å². The molecule has 0 atom stereocenters. The second kappa shape index (κ2) is 6.32. The maximum Gasteiger partial charge on any atom is 0.145 e. The lowest BCUT2D eigenvalue weighted by Crippen LogP contribution is -2.50. The summed E-state index contributed by atoms with van der Waals surface area (Å²) in [6.07, 6.45) is 8.83. The predicted octanol–water partition coefficient (Wildman–Crippen LogP) is 5.68. The van der Waals surface area contributed by atoms with Crippen LogP contribution in [0.5, 0.6) is 0 Å². The Labute approximate surface area is 173 Å². The SMILES string of the molecule is CNc1cc2c(cc1Cl)CC(C)(C)N=C2CC(=O)C12CC3CC(CC(C3)C1)C2. The van der Waals surface area contributed by atoms with Gasteiger partial charge < -0.3 is 5.32 Å². The lowest BCUT2D eigenvalue weighted by Gasteiger charge is -2.56. The van der Waals surface area contributed by atoms with Gasteiger partial charge in [0, 0.05) is 24.4 Å². The highest BCUT2D eigenvalue weighted by Gasteiger charge is 2.54. The Bertz CT molecular complexity index is 834. The van der Waals surface area contributed by atoms with Crippen LogP contribution in [0.4, 0.5) is 5.69 Å². The van der Waals surface area contributed by atoms with Gasteiger partial charge in [-0.2, -0.15) is 0 Å². The molecule has 4 aliphatic carbocycles. The van der Waals surface area contributed by atoms with Crippen LogP contribution in [0.3, 0.4) is 0 Å². The minimum Gasteiger partial charge on any atom is -0.387 e. The molecule has 28 heavy (non-hydrogen) atoms. The molecule has 4 fully saturated rings. The first-order chi connectivity index (χ1) is 13.3. The Kier molecular flexibility index (Phi) is 4.21. The molecule has 150 valence electrons. The summed E-state index contributed by atoms with van der Waals surface area (Å²) < 4.78 is 0. The molecule has 1 aromatic rings. The van der Waals surface area contributed by atoms with Gasteiger partial charge in [-0.3, -0.25) is 9.79 Å². The molecular formula is C24H31ClN2O. The Morgan fingerprint density at radius 2 is 1.75 bits per heavy atom. The Morgan fingerprint density at radius 1 is 1.14 bits per heavy atom. The molecule has 4 saturated carbocycles. The van der Waals surface area contributed by atoms with Gasteiger partial charge in [0.1, 0.15) is 5.78 Å². The lowest BCUT2D eigenvalue weighted by atomic mass is 9.48. The van der Waals surface area contributed by atoms with E-state index in [1.54, 1.807) is 0 Å². The van der Waals surface area contributed by atoms with Crippen LogP contribution >= 0.6 is 11.6 Å². The maximum atomic E-state index is 13.7. The number of Topliss-reactive ketones (excluding diaryl/α,β-unsaturated/α-hetero) is 1. The highest BCUT2D eigenvalue weighted by molar-refractivity contribution is 6.33. The van der Waals surface area contributed by atoms with Crippen molar-refractivity contribution in [1.82, 2.24) is 0 Å². The number of carbonyl (C=O) groups excluding carboxylic acids is 1. The Hall–Kier alpha value is -1.35. The molecular weight excluding hydrogens is 368 g/mol. The van der Waals surface area contributed by atoms with Crippen LogP contribution in [-0.2, 0) is 11.2 Å². The summed E-state index contributed by atoms with van der Waals surface area (Å²) >= 11 is 6.45. The van der Waals surface area contributed by atoms with E-state index in [-0.39, 0.29) is 11.0 Å². The maximum absolute atomic E-state index is 13.7. The first kappa shape index (κ1) is 18.7. The summed E-state index contributed by atoms with van der Waals surface area (Å²) in [6, 6.07) is 4.16. The largest absolute Gasteiger partial charge is 0.387 e. The van der Waals surface area contributed by atoms with Gasteiger partial charge in [-0.1, -0.05) is 11.6 Å². The van der Waals surface area contributed by atoms with Crippen molar-refractivity contribution in [3.05, 3.63) is 28.3 Å². The first-order valence-electron chi connectivity index (χ1n) is 10.9. The standard InChI is InChI=1S/C24H31ClN2O/c1-23(2)13-17-7-19(25)21(26-3)8-18(17)20(27-23)9-22(28)24-10-14-4-15(11-24)6-16(5-14)12-24/h7-8,14-16,26H,4-6,9-13H2,1-3H3. The van der Waals surface area contributed by atoms with Gasteiger partial charge >= 0.3 is 0 Å². The van der Waals surface area contributed by atoms with Crippen LogP contribution < -0.4 is 5.32 Å². The van der Waals surface area contributed by atoms with Gasteiger partial charge in [0.05, 0.1) is 22.0 Å². The molecule has 0 spiro atoms. The summed E-state index contributed by atoms with van der Waals surface area (Å²) in [4.78, 5) is 18.7. The zero-order chi connectivity index (χ0) is 19.7. The van der Waals surface area contributed by atoms with Gasteiger partial charge in [-0.15, -0.1) is 0 Å².